The first kappa shape index (κ1) is 17.2. The molecule has 0 fully saturated rings. The number of para-hydroxylation sites is 1. The van der Waals surface area contributed by atoms with Crippen LogP contribution in [-0.2, 0) is 11.2 Å². The van der Waals surface area contributed by atoms with Crippen LogP contribution >= 0.6 is 11.8 Å². The summed E-state index contributed by atoms with van der Waals surface area (Å²) in [7, 11) is 0. The van der Waals surface area contributed by atoms with Gasteiger partial charge in [0.15, 0.2) is 0 Å². The van der Waals surface area contributed by atoms with E-state index in [0.717, 1.165) is 24.9 Å². The summed E-state index contributed by atoms with van der Waals surface area (Å²) >= 11 is 1.74. The Bertz CT molecular complexity index is 929. The SMILES string of the molecule is CCCC(=O)N1CCc2c([nH]c3ccccc23)C1c1ccc(SC)cc1. The second-order valence-corrected chi connectivity index (χ2v) is 7.71. The highest BCUT2D eigenvalue weighted by molar-refractivity contribution is 7.98. The number of thioether (sulfide) groups is 1. The first-order valence-corrected chi connectivity index (χ1v) is 10.5. The van der Waals surface area contributed by atoms with Gasteiger partial charge in [-0.2, -0.15) is 0 Å². The number of nitrogens with zero attached hydrogens (tertiary/aromatic N) is 1. The van der Waals surface area contributed by atoms with Gasteiger partial charge in [-0.1, -0.05) is 37.3 Å². The van der Waals surface area contributed by atoms with Crippen LogP contribution in [0.2, 0.25) is 0 Å². The summed E-state index contributed by atoms with van der Waals surface area (Å²) in [5, 5.41) is 1.29. The standard InChI is InChI=1S/C22H24N2OS/c1-3-6-20(25)24-14-13-18-17-7-4-5-8-19(17)23-21(18)22(24)15-9-11-16(26-2)12-10-15/h4-5,7-12,22-23H,3,6,13-14H2,1-2H3. The van der Waals surface area contributed by atoms with Gasteiger partial charge < -0.3 is 9.88 Å². The van der Waals surface area contributed by atoms with E-state index in [4.69, 9.17) is 0 Å². The molecule has 0 spiro atoms. The van der Waals surface area contributed by atoms with E-state index in [1.807, 2.05) is 0 Å². The van der Waals surface area contributed by atoms with Crippen molar-refractivity contribution in [2.45, 2.75) is 37.1 Å². The number of H-pyrrole nitrogens is 1. The van der Waals surface area contributed by atoms with E-state index in [1.165, 1.54) is 27.1 Å². The van der Waals surface area contributed by atoms with Gasteiger partial charge in [-0.15, -0.1) is 11.8 Å². The van der Waals surface area contributed by atoms with Crippen LogP contribution in [0.25, 0.3) is 10.9 Å². The molecule has 4 rings (SSSR count). The van der Waals surface area contributed by atoms with Gasteiger partial charge in [-0.25, -0.2) is 0 Å². The Morgan fingerprint density at radius 1 is 1.19 bits per heavy atom. The van der Waals surface area contributed by atoms with Crippen LogP contribution in [0.4, 0.5) is 0 Å². The Morgan fingerprint density at radius 2 is 1.96 bits per heavy atom. The monoisotopic (exact) mass is 364 g/mol. The summed E-state index contributed by atoms with van der Waals surface area (Å²) in [6, 6.07) is 17.1. The zero-order chi connectivity index (χ0) is 18.1. The van der Waals surface area contributed by atoms with Gasteiger partial charge in [0, 0.05) is 34.5 Å². The quantitative estimate of drug-likeness (QED) is 0.649. The Morgan fingerprint density at radius 3 is 2.69 bits per heavy atom. The summed E-state index contributed by atoms with van der Waals surface area (Å²) in [6.45, 7) is 2.85. The number of benzene rings is 2. The van der Waals surface area contributed by atoms with Crippen LogP contribution < -0.4 is 0 Å². The van der Waals surface area contributed by atoms with Gasteiger partial charge in [-0.05, 0) is 48.4 Å². The number of carbonyl (C=O) groups is 1. The lowest BCUT2D eigenvalue weighted by atomic mass is 9.92. The second-order valence-electron chi connectivity index (χ2n) is 6.83. The van der Waals surface area contributed by atoms with Crippen molar-refractivity contribution in [3.63, 3.8) is 0 Å². The van der Waals surface area contributed by atoms with Crippen molar-refractivity contribution in [2.75, 3.05) is 12.8 Å². The number of hydrogen-bond acceptors (Lipinski definition) is 2. The van der Waals surface area contributed by atoms with Gasteiger partial charge >= 0.3 is 0 Å². The minimum Gasteiger partial charge on any atom is -0.356 e. The highest BCUT2D eigenvalue weighted by atomic mass is 32.2. The van der Waals surface area contributed by atoms with Gasteiger partial charge in [0.25, 0.3) is 0 Å². The highest BCUT2D eigenvalue weighted by Gasteiger charge is 2.33. The molecule has 134 valence electrons. The fourth-order valence-corrected chi connectivity index (χ4v) is 4.41. The van der Waals surface area contributed by atoms with E-state index in [2.05, 4.69) is 71.6 Å². The van der Waals surface area contributed by atoms with Crippen molar-refractivity contribution in [2.24, 2.45) is 0 Å². The van der Waals surface area contributed by atoms with Crippen LogP contribution in [0, 0.1) is 0 Å². The predicted molar refractivity (Wildman–Crippen MR) is 109 cm³/mol. The molecule has 0 aliphatic carbocycles. The fourth-order valence-electron chi connectivity index (χ4n) is 4.00. The first-order valence-electron chi connectivity index (χ1n) is 9.25. The number of amides is 1. The summed E-state index contributed by atoms with van der Waals surface area (Å²) in [5.74, 6) is 0.246. The molecule has 1 aliphatic heterocycles. The van der Waals surface area contributed by atoms with Crippen molar-refractivity contribution >= 4 is 28.6 Å². The molecular formula is C22H24N2OS. The molecule has 0 bridgehead atoms. The molecule has 0 saturated carbocycles. The number of aromatic nitrogens is 1. The molecule has 26 heavy (non-hydrogen) atoms. The van der Waals surface area contributed by atoms with E-state index in [1.54, 1.807) is 11.8 Å². The lowest BCUT2D eigenvalue weighted by Crippen LogP contribution is -2.40. The molecule has 1 atom stereocenters. The Balaban J connectivity index is 1.84. The van der Waals surface area contributed by atoms with Gasteiger partial charge in [-0.3, -0.25) is 4.79 Å². The van der Waals surface area contributed by atoms with Crippen LogP contribution in [0.5, 0.6) is 0 Å². The topological polar surface area (TPSA) is 36.1 Å². The van der Waals surface area contributed by atoms with Crippen molar-refractivity contribution in [3.8, 4) is 0 Å². The predicted octanol–water partition coefficient (Wildman–Crippen LogP) is 5.16. The maximum atomic E-state index is 12.8. The highest BCUT2D eigenvalue weighted by Crippen LogP contribution is 2.39. The Hall–Kier alpha value is -2.20. The maximum absolute atomic E-state index is 12.8. The minimum absolute atomic E-state index is 0.0268. The average Bonchev–Trinajstić information content (AvgIpc) is 3.06. The largest absolute Gasteiger partial charge is 0.356 e. The number of aromatic amines is 1. The van der Waals surface area contributed by atoms with Gasteiger partial charge in [0.05, 0.1) is 6.04 Å². The number of rotatable bonds is 4. The maximum Gasteiger partial charge on any atom is 0.223 e. The molecule has 1 N–H and O–H groups in total. The van der Waals surface area contributed by atoms with Crippen molar-refractivity contribution in [1.29, 1.82) is 0 Å². The summed E-state index contributed by atoms with van der Waals surface area (Å²) in [6.07, 6.45) is 4.48. The van der Waals surface area contributed by atoms with Crippen molar-refractivity contribution < 1.29 is 4.79 Å². The van der Waals surface area contributed by atoms with Crippen molar-refractivity contribution in [3.05, 3.63) is 65.4 Å². The van der Waals surface area contributed by atoms with Gasteiger partial charge in [0.1, 0.15) is 0 Å². The molecule has 0 saturated heterocycles. The van der Waals surface area contributed by atoms with Crippen LogP contribution in [0.3, 0.4) is 0 Å². The molecule has 3 nitrogen and oxygen atoms in total. The Labute approximate surface area is 158 Å². The number of carbonyl (C=O) groups excluding carboxylic acids is 1. The minimum atomic E-state index is -0.0268. The molecule has 2 aromatic carbocycles. The second kappa shape index (κ2) is 7.20. The summed E-state index contributed by atoms with van der Waals surface area (Å²) in [5.41, 5.74) is 4.88. The number of fused-ring (bicyclic) bond motifs is 3. The molecule has 0 radical (unpaired) electrons. The zero-order valence-corrected chi connectivity index (χ0v) is 16.1. The van der Waals surface area contributed by atoms with E-state index in [0.29, 0.717) is 6.42 Å². The third kappa shape index (κ3) is 2.92. The third-order valence-electron chi connectivity index (χ3n) is 5.25. The number of nitrogens with one attached hydrogen (secondary N) is 1. The van der Waals surface area contributed by atoms with Crippen LogP contribution in [0.15, 0.2) is 53.4 Å². The molecule has 2 heterocycles. The van der Waals surface area contributed by atoms with E-state index < -0.39 is 0 Å². The normalized spacial score (nSPS) is 16.7. The summed E-state index contributed by atoms with van der Waals surface area (Å²) < 4.78 is 0. The lowest BCUT2D eigenvalue weighted by molar-refractivity contribution is -0.133. The summed E-state index contributed by atoms with van der Waals surface area (Å²) in [4.78, 5) is 19.8. The van der Waals surface area contributed by atoms with E-state index in [-0.39, 0.29) is 11.9 Å². The van der Waals surface area contributed by atoms with Gasteiger partial charge in [0.2, 0.25) is 5.91 Å². The van der Waals surface area contributed by atoms with Crippen LogP contribution in [-0.4, -0.2) is 28.6 Å². The molecule has 1 aliphatic rings. The molecule has 4 heteroatoms. The number of hydrogen-bond donors (Lipinski definition) is 1. The molecular weight excluding hydrogens is 340 g/mol. The first-order chi connectivity index (χ1) is 12.7. The van der Waals surface area contributed by atoms with E-state index in [9.17, 15) is 4.79 Å². The zero-order valence-electron chi connectivity index (χ0n) is 15.3. The third-order valence-corrected chi connectivity index (χ3v) is 5.99. The average molecular weight is 365 g/mol. The fraction of sp³-hybridized carbons (Fsp3) is 0.318. The van der Waals surface area contributed by atoms with Crippen molar-refractivity contribution in [1.82, 2.24) is 9.88 Å². The molecule has 3 aromatic rings. The molecule has 1 aromatic heterocycles. The molecule has 1 amide bonds. The van der Waals surface area contributed by atoms with E-state index >= 15 is 0 Å². The smallest absolute Gasteiger partial charge is 0.223 e. The molecule has 1 unspecified atom stereocenters. The lowest BCUT2D eigenvalue weighted by Gasteiger charge is -2.36. The van der Waals surface area contributed by atoms with Crippen LogP contribution in [0.1, 0.15) is 42.6 Å². The Kier molecular flexibility index (Phi) is 4.77.